The second-order valence-corrected chi connectivity index (χ2v) is 4.27. The van der Waals surface area contributed by atoms with Gasteiger partial charge in [0.2, 0.25) is 5.91 Å². The quantitative estimate of drug-likeness (QED) is 0.865. The van der Waals surface area contributed by atoms with Gasteiger partial charge in [-0.1, -0.05) is 6.07 Å². The Morgan fingerprint density at radius 2 is 2.06 bits per heavy atom. The van der Waals surface area contributed by atoms with E-state index in [-0.39, 0.29) is 11.6 Å². The van der Waals surface area contributed by atoms with Gasteiger partial charge in [-0.3, -0.25) is 4.79 Å². The van der Waals surface area contributed by atoms with Crippen LogP contribution in [0, 0.1) is 5.92 Å². The maximum absolute atomic E-state index is 12.4. The predicted octanol–water partition coefficient (Wildman–Crippen LogP) is 3.44. The van der Waals surface area contributed by atoms with E-state index in [4.69, 9.17) is 0 Å². The molecule has 0 spiro atoms. The van der Waals surface area contributed by atoms with Crippen molar-refractivity contribution >= 4 is 11.6 Å². The van der Waals surface area contributed by atoms with Gasteiger partial charge in [-0.2, -0.15) is 13.2 Å². The number of hydrogen-bond donors (Lipinski definition) is 1. The normalized spacial score (nSPS) is 15.7. The highest BCUT2D eigenvalue weighted by Gasteiger charge is 2.30. The summed E-state index contributed by atoms with van der Waals surface area (Å²) >= 11 is 0. The number of hydrogen-bond acceptors (Lipinski definition) is 1. The minimum absolute atomic E-state index is 0.200. The topological polar surface area (TPSA) is 29.1 Å². The van der Waals surface area contributed by atoms with Crippen molar-refractivity contribution in [3.8, 4) is 0 Å². The van der Waals surface area contributed by atoms with E-state index < -0.39 is 11.7 Å². The molecule has 0 atom stereocenters. The molecule has 5 heteroatoms. The molecule has 1 aromatic rings. The summed E-state index contributed by atoms with van der Waals surface area (Å²) in [4.78, 5) is 11.4. The van der Waals surface area contributed by atoms with Gasteiger partial charge in [0, 0.05) is 12.1 Å². The van der Waals surface area contributed by atoms with Gasteiger partial charge in [0.05, 0.1) is 5.56 Å². The van der Waals surface area contributed by atoms with Gasteiger partial charge >= 0.3 is 6.18 Å². The third-order valence-electron chi connectivity index (χ3n) is 2.64. The second kappa shape index (κ2) is 4.39. The van der Waals surface area contributed by atoms with Crippen molar-refractivity contribution in [2.45, 2.75) is 25.4 Å². The number of nitrogens with one attached hydrogen (secondary N) is 1. The molecular formula is C12H12F3NO. The summed E-state index contributed by atoms with van der Waals surface area (Å²) in [5, 5.41) is 2.49. The first-order chi connectivity index (χ1) is 7.95. The zero-order valence-corrected chi connectivity index (χ0v) is 9.05. The van der Waals surface area contributed by atoms with E-state index in [0.29, 0.717) is 12.3 Å². The highest BCUT2D eigenvalue weighted by atomic mass is 19.4. The lowest BCUT2D eigenvalue weighted by Gasteiger charge is -2.09. The highest BCUT2D eigenvalue weighted by molar-refractivity contribution is 5.91. The molecule has 1 aliphatic rings. The smallest absolute Gasteiger partial charge is 0.326 e. The van der Waals surface area contributed by atoms with E-state index in [0.717, 1.165) is 25.0 Å². The highest BCUT2D eigenvalue weighted by Crippen LogP contribution is 2.33. The van der Waals surface area contributed by atoms with Crippen LogP contribution in [-0.4, -0.2) is 5.91 Å². The fourth-order valence-corrected chi connectivity index (χ4v) is 1.57. The van der Waals surface area contributed by atoms with Gasteiger partial charge in [0.25, 0.3) is 0 Å². The summed E-state index contributed by atoms with van der Waals surface area (Å²) in [6.07, 6.45) is -1.90. The van der Waals surface area contributed by atoms with Crippen molar-refractivity contribution in [1.29, 1.82) is 0 Å². The summed E-state index contributed by atoms with van der Waals surface area (Å²) in [6, 6.07) is 4.68. The van der Waals surface area contributed by atoms with E-state index in [2.05, 4.69) is 5.32 Å². The fraction of sp³-hybridized carbons (Fsp3) is 0.417. The van der Waals surface area contributed by atoms with Crippen LogP contribution in [0.25, 0.3) is 0 Å². The Morgan fingerprint density at radius 3 is 2.65 bits per heavy atom. The number of anilines is 1. The molecule has 0 saturated heterocycles. The lowest BCUT2D eigenvalue weighted by Crippen LogP contribution is -2.13. The Bertz CT molecular complexity index is 424. The van der Waals surface area contributed by atoms with Crippen molar-refractivity contribution in [3.05, 3.63) is 29.8 Å². The Balaban J connectivity index is 2.02. The first-order valence-electron chi connectivity index (χ1n) is 5.42. The van der Waals surface area contributed by atoms with Gasteiger partial charge < -0.3 is 5.32 Å². The van der Waals surface area contributed by atoms with Crippen LogP contribution in [0.5, 0.6) is 0 Å². The van der Waals surface area contributed by atoms with Crippen molar-refractivity contribution in [1.82, 2.24) is 0 Å². The standard InChI is InChI=1S/C12H12F3NO/c13-12(14,15)9-2-1-3-10(7-9)16-11(17)6-8-4-5-8/h1-3,7-8H,4-6H2,(H,16,17). The summed E-state index contributed by atoms with van der Waals surface area (Å²) in [6.45, 7) is 0. The lowest BCUT2D eigenvalue weighted by atomic mass is 10.2. The van der Waals surface area contributed by atoms with Gasteiger partial charge in [-0.05, 0) is 37.0 Å². The second-order valence-electron chi connectivity index (χ2n) is 4.27. The Labute approximate surface area is 96.8 Å². The minimum Gasteiger partial charge on any atom is -0.326 e. The van der Waals surface area contributed by atoms with Crippen LogP contribution in [0.2, 0.25) is 0 Å². The zero-order valence-electron chi connectivity index (χ0n) is 9.05. The van der Waals surface area contributed by atoms with E-state index >= 15 is 0 Å². The van der Waals surface area contributed by atoms with Gasteiger partial charge in [0.1, 0.15) is 0 Å². The number of carbonyl (C=O) groups excluding carboxylic acids is 1. The number of alkyl halides is 3. The largest absolute Gasteiger partial charge is 0.416 e. The summed E-state index contributed by atoms with van der Waals surface area (Å²) in [7, 11) is 0. The molecule has 0 heterocycles. The zero-order chi connectivity index (χ0) is 12.5. The number of carbonyl (C=O) groups is 1. The third-order valence-corrected chi connectivity index (χ3v) is 2.64. The molecule has 1 N–H and O–H groups in total. The molecule has 1 aromatic carbocycles. The van der Waals surface area contributed by atoms with Crippen LogP contribution < -0.4 is 5.32 Å². The van der Waals surface area contributed by atoms with Crippen molar-refractivity contribution < 1.29 is 18.0 Å². The minimum atomic E-state index is -4.38. The van der Waals surface area contributed by atoms with E-state index in [1.807, 2.05) is 0 Å². The molecule has 2 rings (SSSR count). The van der Waals surface area contributed by atoms with Crippen LogP contribution >= 0.6 is 0 Å². The van der Waals surface area contributed by atoms with Crippen molar-refractivity contribution in [2.75, 3.05) is 5.32 Å². The van der Waals surface area contributed by atoms with Crippen molar-refractivity contribution in [2.24, 2.45) is 5.92 Å². The Kier molecular flexibility index (Phi) is 3.09. The van der Waals surface area contributed by atoms with Crippen LogP contribution in [0.3, 0.4) is 0 Å². The molecule has 17 heavy (non-hydrogen) atoms. The van der Waals surface area contributed by atoms with Gasteiger partial charge in [0.15, 0.2) is 0 Å². The van der Waals surface area contributed by atoms with Crippen molar-refractivity contribution in [3.63, 3.8) is 0 Å². The Morgan fingerprint density at radius 1 is 1.35 bits per heavy atom. The van der Waals surface area contributed by atoms with E-state index in [9.17, 15) is 18.0 Å². The van der Waals surface area contributed by atoms with Gasteiger partial charge in [-0.15, -0.1) is 0 Å². The van der Waals surface area contributed by atoms with Crippen LogP contribution in [-0.2, 0) is 11.0 Å². The third kappa shape index (κ3) is 3.47. The van der Waals surface area contributed by atoms with Crippen LogP contribution in [0.1, 0.15) is 24.8 Å². The molecular weight excluding hydrogens is 231 g/mol. The van der Waals surface area contributed by atoms with Crippen LogP contribution in [0.4, 0.5) is 18.9 Å². The molecule has 1 fully saturated rings. The molecule has 0 aromatic heterocycles. The van der Waals surface area contributed by atoms with E-state index in [1.54, 1.807) is 0 Å². The number of benzene rings is 1. The first-order valence-corrected chi connectivity index (χ1v) is 5.42. The molecule has 0 unspecified atom stereocenters. The summed E-state index contributed by atoms with van der Waals surface area (Å²) in [5.74, 6) is 0.202. The average Bonchev–Trinajstić information content (AvgIpc) is 3.00. The lowest BCUT2D eigenvalue weighted by molar-refractivity contribution is -0.137. The van der Waals surface area contributed by atoms with Crippen LogP contribution in [0.15, 0.2) is 24.3 Å². The molecule has 0 aliphatic heterocycles. The Hall–Kier alpha value is -1.52. The molecule has 0 radical (unpaired) electrons. The maximum atomic E-state index is 12.4. The molecule has 1 saturated carbocycles. The molecule has 1 aliphatic carbocycles. The maximum Gasteiger partial charge on any atom is 0.416 e. The number of amides is 1. The monoisotopic (exact) mass is 243 g/mol. The summed E-state index contributed by atoms with van der Waals surface area (Å²) < 4.78 is 37.2. The fourth-order valence-electron chi connectivity index (χ4n) is 1.57. The summed E-state index contributed by atoms with van der Waals surface area (Å²) in [5.41, 5.74) is -0.549. The first kappa shape index (κ1) is 12.0. The molecule has 1 amide bonds. The predicted molar refractivity (Wildman–Crippen MR) is 57.4 cm³/mol. The van der Waals surface area contributed by atoms with Gasteiger partial charge in [-0.25, -0.2) is 0 Å². The molecule has 2 nitrogen and oxygen atoms in total. The molecule has 0 bridgehead atoms. The SMILES string of the molecule is O=C(CC1CC1)Nc1cccc(C(F)(F)F)c1. The number of rotatable bonds is 3. The molecule has 92 valence electrons. The van der Waals surface area contributed by atoms with E-state index in [1.165, 1.54) is 12.1 Å². The average molecular weight is 243 g/mol. The number of halogens is 3.